The Morgan fingerprint density at radius 3 is 2.78 bits per heavy atom. The van der Waals surface area contributed by atoms with Gasteiger partial charge in [0.15, 0.2) is 0 Å². The van der Waals surface area contributed by atoms with E-state index in [0.29, 0.717) is 26.4 Å². The molecular weight excluding hydrogens is 322 g/mol. The normalized spacial score (nSPS) is 10.4. The minimum atomic E-state index is -0.367. The summed E-state index contributed by atoms with van der Waals surface area (Å²) in [5, 5.41) is 3.14. The van der Waals surface area contributed by atoms with Crippen molar-refractivity contribution in [2.24, 2.45) is 0 Å². The summed E-state index contributed by atoms with van der Waals surface area (Å²) in [6, 6.07) is 4.39. The number of H-pyrrole nitrogens is 1. The van der Waals surface area contributed by atoms with Gasteiger partial charge in [-0.1, -0.05) is 11.6 Å². The third-order valence-corrected chi connectivity index (χ3v) is 3.23. The third-order valence-electron chi connectivity index (χ3n) is 2.41. The van der Waals surface area contributed by atoms with Crippen LogP contribution in [-0.4, -0.2) is 10.9 Å². The molecule has 2 N–H and O–H groups in total. The molecule has 1 aromatic carbocycles. The molecule has 2 aromatic rings. The van der Waals surface area contributed by atoms with Gasteiger partial charge in [0.25, 0.3) is 5.91 Å². The van der Waals surface area contributed by atoms with E-state index in [-0.39, 0.29) is 11.7 Å². The number of aromatic nitrogens is 1. The molecule has 3 nitrogen and oxygen atoms in total. The molecule has 0 aliphatic rings. The van der Waals surface area contributed by atoms with Crippen LogP contribution in [0.5, 0.6) is 0 Å². The molecule has 0 spiro atoms. The van der Waals surface area contributed by atoms with E-state index in [1.807, 2.05) is 0 Å². The Morgan fingerprint density at radius 1 is 1.44 bits per heavy atom. The second-order valence-corrected chi connectivity index (χ2v) is 5.06. The Morgan fingerprint density at radius 2 is 2.17 bits per heavy atom. The predicted molar refractivity (Wildman–Crippen MR) is 72.6 cm³/mol. The van der Waals surface area contributed by atoms with Gasteiger partial charge in [-0.2, -0.15) is 0 Å². The number of carbonyl (C=O) groups excluding carboxylic acids is 1. The predicted octanol–water partition coefficient (Wildman–Crippen LogP) is 4.13. The van der Waals surface area contributed by atoms with Crippen LogP contribution in [-0.2, 0) is 0 Å². The van der Waals surface area contributed by atoms with Crippen LogP contribution in [0, 0.1) is 12.7 Å². The lowest BCUT2D eigenvalue weighted by Gasteiger charge is -2.08. The first-order valence-electron chi connectivity index (χ1n) is 5.08. The van der Waals surface area contributed by atoms with Gasteiger partial charge in [0.05, 0.1) is 9.50 Å². The molecule has 0 atom stereocenters. The number of anilines is 1. The summed E-state index contributed by atoms with van der Waals surface area (Å²) < 4.78 is 13.5. The number of aromatic amines is 1. The lowest BCUT2D eigenvalue weighted by Crippen LogP contribution is -2.13. The minimum Gasteiger partial charge on any atom is -0.356 e. The first-order valence-corrected chi connectivity index (χ1v) is 6.25. The van der Waals surface area contributed by atoms with E-state index in [1.165, 1.54) is 24.4 Å². The number of nitrogens with one attached hydrogen (secondary N) is 2. The summed E-state index contributed by atoms with van der Waals surface area (Å²) in [7, 11) is 0. The van der Waals surface area contributed by atoms with Gasteiger partial charge in [0.1, 0.15) is 11.5 Å². The zero-order chi connectivity index (χ0) is 13.3. The van der Waals surface area contributed by atoms with E-state index in [0.717, 1.165) is 0 Å². The Bertz CT molecular complexity index is 612. The van der Waals surface area contributed by atoms with Gasteiger partial charge in [-0.25, -0.2) is 4.39 Å². The molecule has 0 radical (unpaired) electrons. The van der Waals surface area contributed by atoms with E-state index < -0.39 is 0 Å². The van der Waals surface area contributed by atoms with Crippen LogP contribution in [0.1, 0.15) is 16.1 Å². The number of hydrogen-bond acceptors (Lipinski definition) is 1. The molecular formula is C12H9BrClFN2O. The largest absolute Gasteiger partial charge is 0.356 e. The van der Waals surface area contributed by atoms with Gasteiger partial charge in [0, 0.05) is 11.9 Å². The summed E-state index contributed by atoms with van der Waals surface area (Å²) in [6.07, 6.45) is 1.52. The van der Waals surface area contributed by atoms with Crippen LogP contribution >= 0.6 is 27.5 Å². The fourth-order valence-electron chi connectivity index (χ4n) is 1.47. The molecule has 0 saturated heterocycles. The highest BCUT2D eigenvalue weighted by Crippen LogP contribution is 2.24. The summed E-state index contributed by atoms with van der Waals surface area (Å²) in [4.78, 5) is 14.6. The monoisotopic (exact) mass is 330 g/mol. The maximum Gasteiger partial charge on any atom is 0.272 e. The minimum absolute atomic E-state index is 0.299. The summed E-state index contributed by atoms with van der Waals surface area (Å²) >= 11 is 8.79. The van der Waals surface area contributed by atoms with E-state index >= 15 is 0 Å². The Hall–Kier alpha value is -1.33. The molecule has 6 heteroatoms. The smallest absolute Gasteiger partial charge is 0.272 e. The lowest BCUT2D eigenvalue weighted by molar-refractivity contribution is 0.102. The zero-order valence-corrected chi connectivity index (χ0v) is 11.7. The fraction of sp³-hybridized carbons (Fsp3) is 0.0833. The molecule has 1 heterocycles. The maximum absolute atomic E-state index is 13.2. The van der Waals surface area contributed by atoms with Crippen molar-refractivity contribution in [3.8, 4) is 0 Å². The molecule has 2 rings (SSSR count). The van der Waals surface area contributed by atoms with Crippen molar-refractivity contribution >= 4 is 39.1 Å². The van der Waals surface area contributed by atoms with Crippen LogP contribution < -0.4 is 5.32 Å². The van der Waals surface area contributed by atoms with Gasteiger partial charge < -0.3 is 10.3 Å². The number of benzene rings is 1. The van der Waals surface area contributed by atoms with Crippen molar-refractivity contribution in [2.75, 3.05) is 5.32 Å². The molecule has 0 bridgehead atoms. The highest BCUT2D eigenvalue weighted by atomic mass is 79.9. The average Bonchev–Trinajstić information content (AvgIpc) is 2.73. The van der Waals surface area contributed by atoms with Crippen LogP contribution in [0.3, 0.4) is 0 Å². The van der Waals surface area contributed by atoms with E-state index in [1.54, 1.807) is 6.92 Å². The van der Waals surface area contributed by atoms with Gasteiger partial charge in [-0.3, -0.25) is 4.79 Å². The molecule has 0 aliphatic heterocycles. The molecule has 94 valence electrons. The SMILES string of the molecule is Cc1cc(F)c(Br)cc1NC(=O)c1cc(Cl)c[nH]1. The second kappa shape index (κ2) is 5.12. The zero-order valence-electron chi connectivity index (χ0n) is 9.35. The van der Waals surface area contributed by atoms with Gasteiger partial charge in [0.2, 0.25) is 0 Å². The first kappa shape index (κ1) is 13.1. The summed E-state index contributed by atoms with van der Waals surface area (Å²) in [5.41, 5.74) is 1.53. The average molecular weight is 332 g/mol. The van der Waals surface area contributed by atoms with Crippen LogP contribution in [0.4, 0.5) is 10.1 Å². The van der Waals surface area contributed by atoms with Gasteiger partial charge in [-0.15, -0.1) is 0 Å². The van der Waals surface area contributed by atoms with Gasteiger partial charge in [-0.05, 0) is 46.6 Å². The fourth-order valence-corrected chi connectivity index (χ4v) is 1.98. The number of halogens is 3. The highest BCUT2D eigenvalue weighted by molar-refractivity contribution is 9.10. The van der Waals surface area contributed by atoms with Crippen molar-refractivity contribution < 1.29 is 9.18 Å². The molecule has 1 amide bonds. The molecule has 0 aliphatic carbocycles. The highest BCUT2D eigenvalue weighted by Gasteiger charge is 2.11. The number of amides is 1. The molecule has 1 aromatic heterocycles. The summed E-state index contributed by atoms with van der Waals surface area (Å²) in [6.45, 7) is 1.72. The second-order valence-electron chi connectivity index (χ2n) is 3.77. The molecule has 0 unspecified atom stereocenters. The standard InChI is InChI=1S/C12H9BrClFN2O/c1-6-2-9(15)8(13)4-10(6)17-12(18)11-3-7(14)5-16-11/h2-5,16H,1H3,(H,17,18). The number of rotatable bonds is 2. The van der Waals surface area contributed by atoms with Crippen molar-refractivity contribution in [3.05, 3.63) is 51.0 Å². The van der Waals surface area contributed by atoms with E-state index in [9.17, 15) is 9.18 Å². The third kappa shape index (κ3) is 2.73. The van der Waals surface area contributed by atoms with Crippen molar-refractivity contribution in [2.45, 2.75) is 6.92 Å². The number of hydrogen-bond donors (Lipinski definition) is 2. The lowest BCUT2D eigenvalue weighted by atomic mass is 10.2. The number of carbonyl (C=O) groups is 1. The number of aryl methyl sites for hydroxylation is 1. The first-order chi connectivity index (χ1) is 8.47. The Kier molecular flexibility index (Phi) is 3.73. The molecule has 0 fully saturated rings. The Balaban J connectivity index is 2.24. The van der Waals surface area contributed by atoms with Crippen LogP contribution in [0.15, 0.2) is 28.9 Å². The van der Waals surface area contributed by atoms with Crippen LogP contribution in [0.2, 0.25) is 5.02 Å². The molecule has 0 saturated carbocycles. The summed E-state index contributed by atoms with van der Waals surface area (Å²) in [5.74, 6) is -0.697. The van der Waals surface area contributed by atoms with E-state index in [4.69, 9.17) is 11.6 Å². The van der Waals surface area contributed by atoms with Crippen LogP contribution in [0.25, 0.3) is 0 Å². The quantitative estimate of drug-likeness (QED) is 0.854. The van der Waals surface area contributed by atoms with Crippen molar-refractivity contribution in [1.29, 1.82) is 0 Å². The maximum atomic E-state index is 13.2. The van der Waals surface area contributed by atoms with Gasteiger partial charge >= 0.3 is 0 Å². The van der Waals surface area contributed by atoms with E-state index in [2.05, 4.69) is 26.2 Å². The van der Waals surface area contributed by atoms with Crippen molar-refractivity contribution in [3.63, 3.8) is 0 Å². The molecule has 18 heavy (non-hydrogen) atoms. The Labute approximate surface area is 116 Å². The topological polar surface area (TPSA) is 44.9 Å². The van der Waals surface area contributed by atoms with Crippen molar-refractivity contribution in [1.82, 2.24) is 4.98 Å².